The summed E-state index contributed by atoms with van der Waals surface area (Å²) in [7, 11) is 2.38. The third kappa shape index (κ3) is 5.68. The van der Waals surface area contributed by atoms with Crippen LogP contribution >= 0.6 is 0 Å². The van der Waals surface area contributed by atoms with E-state index in [4.69, 9.17) is 14.2 Å². The molecule has 24 heavy (non-hydrogen) atoms. The number of rotatable bonds is 6. The van der Waals surface area contributed by atoms with Gasteiger partial charge in [0.25, 0.3) is 0 Å². The standard InChI is InChI=1S/C18H24O6/c1-18(2,3)24-14(19)11-13(12-9-7-6-8-10-12)15(16(20)22-4)17(21)23-5/h6-10,13,15H,11H2,1-5H3. The Hall–Kier alpha value is -2.37. The van der Waals surface area contributed by atoms with E-state index in [-0.39, 0.29) is 6.42 Å². The smallest absolute Gasteiger partial charge is 0.320 e. The van der Waals surface area contributed by atoms with Gasteiger partial charge in [0.15, 0.2) is 5.92 Å². The summed E-state index contributed by atoms with van der Waals surface area (Å²) in [6.07, 6.45) is -0.143. The lowest BCUT2D eigenvalue weighted by Gasteiger charge is -2.25. The Kier molecular flexibility index (Phi) is 6.95. The minimum absolute atomic E-state index is 0.143. The number of methoxy groups -OCH3 is 2. The Morgan fingerprint density at radius 2 is 1.46 bits per heavy atom. The molecule has 6 nitrogen and oxygen atoms in total. The van der Waals surface area contributed by atoms with Gasteiger partial charge in [0, 0.05) is 5.92 Å². The molecule has 0 amide bonds. The predicted molar refractivity (Wildman–Crippen MR) is 87.2 cm³/mol. The number of hydrogen-bond acceptors (Lipinski definition) is 6. The molecule has 0 aliphatic heterocycles. The Balaban J connectivity index is 3.19. The van der Waals surface area contributed by atoms with Crippen LogP contribution in [0, 0.1) is 5.92 Å². The molecule has 1 atom stereocenters. The van der Waals surface area contributed by atoms with Crippen LogP contribution in [0.4, 0.5) is 0 Å². The molecule has 0 aliphatic carbocycles. The van der Waals surface area contributed by atoms with Crippen molar-refractivity contribution >= 4 is 17.9 Å². The summed E-state index contributed by atoms with van der Waals surface area (Å²) in [5.41, 5.74) is -0.00572. The van der Waals surface area contributed by atoms with Crippen molar-refractivity contribution < 1.29 is 28.6 Å². The summed E-state index contributed by atoms with van der Waals surface area (Å²) in [6.45, 7) is 5.25. The van der Waals surface area contributed by atoms with Crippen LogP contribution in [-0.4, -0.2) is 37.7 Å². The van der Waals surface area contributed by atoms with Crippen molar-refractivity contribution in [2.75, 3.05) is 14.2 Å². The summed E-state index contributed by atoms with van der Waals surface area (Å²) in [6, 6.07) is 8.83. The van der Waals surface area contributed by atoms with Crippen LogP contribution in [0.1, 0.15) is 38.7 Å². The maximum atomic E-state index is 12.2. The number of esters is 3. The highest BCUT2D eigenvalue weighted by Gasteiger charge is 2.39. The molecule has 1 unspecified atom stereocenters. The minimum atomic E-state index is -1.24. The van der Waals surface area contributed by atoms with E-state index >= 15 is 0 Å². The highest BCUT2D eigenvalue weighted by molar-refractivity contribution is 5.96. The molecule has 1 aromatic carbocycles. The molecule has 1 aromatic rings. The first-order valence-corrected chi connectivity index (χ1v) is 7.62. The Bertz CT molecular complexity index is 557. The zero-order valence-corrected chi connectivity index (χ0v) is 14.7. The van der Waals surface area contributed by atoms with Crippen LogP contribution < -0.4 is 0 Å². The maximum Gasteiger partial charge on any atom is 0.320 e. The van der Waals surface area contributed by atoms with Crippen molar-refractivity contribution in [1.29, 1.82) is 0 Å². The van der Waals surface area contributed by atoms with Gasteiger partial charge in [0.2, 0.25) is 0 Å². The third-order valence-electron chi connectivity index (χ3n) is 3.35. The molecule has 0 fully saturated rings. The van der Waals surface area contributed by atoms with E-state index in [1.165, 1.54) is 14.2 Å². The van der Waals surface area contributed by atoms with Crippen molar-refractivity contribution in [3.8, 4) is 0 Å². The fourth-order valence-corrected chi connectivity index (χ4v) is 2.37. The molecule has 0 heterocycles. The van der Waals surface area contributed by atoms with E-state index in [2.05, 4.69) is 0 Å². The van der Waals surface area contributed by atoms with Crippen LogP contribution in [-0.2, 0) is 28.6 Å². The number of carbonyl (C=O) groups is 3. The molecular formula is C18H24O6. The number of hydrogen-bond donors (Lipinski definition) is 0. The average Bonchev–Trinajstić information content (AvgIpc) is 2.52. The lowest BCUT2D eigenvalue weighted by Crippen LogP contribution is -2.34. The van der Waals surface area contributed by atoms with Gasteiger partial charge in [-0.2, -0.15) is 0 Å². The Labute approximate surface area is 142 Å². The highest BCUT2D eigenvalue weighted by atomic mass is 16.6. The third-order valence-corrected chi connectivity index (χ3v) is 3.35. The molecular weight excluding hydrogens is 312 g/mol. The van der Waals surface area contributed by atoms with Crippen LogP contribution in [0.15, 0.2) is 30.3 Å². The SMILES string of the molecule is COC(=O)C(C(=O)OC)C(CC(=O)OC(C)(C)C)c1ccccc1. The first-order valence-electron chi connectivity index (χ1n) is 7.62. The van der Waals surface area contributed by atoms with Gasteiger partial charge in [-0.25, -0.2) is 0 Å². The summed E-state index contributed by atoms with van der Waals surface area (Å²) in [5, 5.41) is 0. The van der Waals surface area contributed by atoms with E-state index in [0.717, 1.165) is 0 Å². The number of ether oxygens (including phenoxy) is 3. The zero-order chi connectivity index (χ0) is 18.3. The van der Waals surface area contributed by atoms with E-state index in [0.29, 0.717) is 5.56 Å². The summed E-state index contributed by atoms with van der Waals surface area (Å²) < 4.78 is 14.8. The molecule has 0 N–H and O–H groups in total. The van der Waals surface area contributed by atoms with Gasteiger partial charge < -0.3 is 14.2 Å². The highest BCUT2D eigenvalue weighted by Crippen LogP contribution is 2.31. The van der Waals surface area contributed by atoms with E-state index in [9.17, 15) is 14.4 Å². The summed E-state index contributed by atoms with van der Waals surface area (Å²) in [5.74, 6) is -3.98. The first-order chi connectivity index (χ1) is 11.2. The van der Waals surface area contributed by atoms with Crippen LogP contribution in [0.3, 0.4) is 0 Å². The van der Waals surface area contributed by atoms with E-state index in [1.807, 2.05) is 0 Å². The second-order valence-electron chi connectivity index (χ2n) is 6.33. The van der Waals surface area contributed by atoms with Crippen LogP contribution in [0.25, 0.3) is 0 Å². The van der Waals surface area contributed by atoms with E-state index in [1.54, 1.807) is 51.1 Å². The molecule has 0 aliphatic rings. The number of benzene rings is 1. The van der Waals surface area contributed by atoms with Crippen LogP contribution in [0.5, 0.6) is 0 Å². The fourth-order valence-electron chi connectivity index (χ4n) is 2.37. The van der Waals surface area contributed by atoms with Gasteiger partial charge >= 0.3 is 17.9 Å². The quantitative estimate of drug-likeness (QED) is 0.451. The molecule has 1 rings (SSSR count). The Morgan fingerprint density at radius 1 is 0.958 bits per heavy atom. The van der Waals surface area contributed by atoms with Gasteiger partial charge in [-0.15, -0.1) is 0 Å². The van der Waals surface area contributed by atoms with Crippen LogP contribution in [0.2, 0.25) is 0 Å². The molecule has 0 saturated heterocycles. The average molecular weight is 336 g/mol. The van der Waals surface area contributed by atoms with Gasteiger partial charge in [-0.1, -0.05) is 30.3 Å². The van der Waals surface area contributed by atoms with Gasteiger partial charge in [-0.05, 0) is 26.3 Å². The molecule has 0 saturated carbocycles. The molecule has 6 heteroatoms. The summed E-state index contributed by atoms with van der Waals surface area (Å²) in [4.78, 5) is 36.5. The van der Waals surface area contributed by atoms with Crippen molar-refractivity contribution in [1.82, 2.24) is 0 Å². The fraction of sp³-hybridized carbons (Fsp3) is 0.500. The predicted octanol–water partition coefficient (Wildman–Crippen LogP) is 2.46. The second kappa shape index (κ2) is 8.47. The summed E-state index contributed by atoms with van der Waals surface area (Å²) >= 11 is 0. The molecule has 0 aromatic heterocycles. The Morgan fingerprint density at radius 3 is 1.88 bits per heavy atom. The van der Waals surface area contributed by atoms with Crippen molar-refractivity contribution in [2.24, 2.45) is 5.92 Å². The van der Waals surface area contributed by atoms with Gasteiger partial charge in [-0.3, -0.25) is 14.4 Å². The van der Waals surface area contributed by atoms with Gasteiger partial charge in [0.1, 0.15) is 5.60 Å². The van der Waals surface area contributed by atoms with Crippen molar-refractivity contribution in [2.45, 2.75) is 38.7 Å². The lowest BCUT2D eigenvalue weighted by atomic mass is 9.83. The topological polar surface area (TPSA) is 78.9 Å². The van der Waals surface area contributed by atoms with E-state index < -0.39 is 35.3 Å². The molecule has 0 spiro atoms. The minimum Gasteiger partial charge on any atom is -0.468 e. The van der Waals surface area contributed by atoms with Crippen molar-refractivity contribution in [3.63, 3.8) is 0 Å². The molecule has 0 bridgehead atoms. The normalized spacial score (nSPS) is 12.4. The largest absolute Gasteiger partial charge is 0.468 e. The van der Waals surface area contributed by atoms with Gasteiger partial charge in [0.05, 0.1) is 20.6 Å². The monoisotopic (exact) mass is 336 g/mol. The van der Waals surface area contributed by atoms with Crippen molar-refractivity contribution in [3.05, 3.63) is 35.9 Å². The molecule has 0 radical (unpaired) electrons. The maximum absolute atomic E-state index is 12.2. The zero-order valence-electron chi connectivity index (χ0n) is 14.7. The molecule has 132 valence electrons. The lowest BCUT2D eigenvalue weighted by molar-refractivity contribution is -0.161. The number of carbonyl (C=O) groups excluding carboxylic acids is 3. The second-order valence-corrected chi connectivity index (χ2v) is 6.33. The first kappa shape index (κ1) is 19.7.